The highest BCUT2D eigenvalue weighted by molar-refractivity contribution is 5.81. The lowest BCUT2D eigenvalue weighted by atomic mass is 9.43. The first-order valence-corrected chi connectivity index (χ1v) is 17.8. The van der Waals surface area contributed by atoms with Gasteiger partial charge in [0.05, 0.1) is 18.5 Å². The van der Waals surface area contributed by atoms with E-state index in [2.05, 4.69) is 41.6 Å². The lowest BCUT2D eigenvalue weighted by Gasteiger charge is -2.62. The molecule has 13 atom stereocenters. The number of aromatic nitrogens is 4. The van der Waals surface area contributed by atoms with Gasteiger partial charge in [0.1, 0.15) is 18.9 Å². The molecule has 11 nitrogen and oxygen atoms in total. The van der Waals surface area contributed by atoms with Crippen LogP contribution >= 0.6 is 0 Å². The molecule has 0 bridgehead atoms. The van der Waals surface area contributed by atoms with Gasteiger partial charge in [-0.25, -0.2) is 4.98 Å². The summed E-state index contributed by atoms with van der Waals surface area (Å²) in [6.07, 6.45) is 12.6. The summed E-state index contributed by atoms with van der Waals surface area (Å²) in [5.41, 5.74) is 4.81. The third kappa shape index (κ3) is 5.31. The van der Waals surface area contributed by atoms with Crippen molar-refractivity contribution in [2.24, 2.45) is 46.3 Å². The van der Waals surface area contributed by atoms with Gasteiger partial charge in [-0.2, -0.15) is 14.4 Å². The van der Waals surface area contributed by atoms with E-state index in [1.54, 1.807) is 0 Å². The number of esters is 1. The van der Waals surface area contributed by atoms with Gasteiger partial charge in [0.15, 0.2) is 22.6 Å². The Labute approximate surface area is 281 Å². The molecule has 0 aromatic carbocycles. The Morgan fingerprint density at radius 3 is 2.67 bits per heavy atom. The molecule has 4 aliphatic carbocycles. The summed E-state index contributed by atoms with van der Waals surface area (Å²) in [5.74, 6) is 4.37. The number of rotatable bonds is 7. The maximum absolute atomic E-state index is 13.9. The maximum Gasteiger partial charge on any atom is 0.312 e. The number of nitrogens with two attached hydrogens (primary N) is 1. The molecule has 4 saturated carbocycles. The highest BCUT2D eigenvalue weighted by atomic mass is 19.1. The van der Waals surface area contributed by atoms with Gasteiger partial charge in [0.25, 0.3) is 0 Å². The van der Waals surface area contributed by atoms with Crippen LogP contribution in [0.25, 0.3) is 11.2 Å². The van der Waals surface area contributed by atoms with Crippen LogP contribution < -0.4 is 5.73 Å². The van der Waals surface area contributed by atoms with Crippen molar-refractivity contribution in [3.63, 3.8) is 0 Å². The van der Waals surface area contributed by atoms with Crippen molar-refractivity contribution < 1.29 is 34.0 Å². The minimum atomic E-state index is -1.59. The number of ether oxygens (including phenoxy) is 2. The van der Waals surface area contributed by atoms with Crippen LogP contribution in [-0.4, -0.2) is 71.3 Å². The second kappa shape index (κ2) is 12.2. The number of hydrogen-bond acceptors (Lipinski definition) is 10. The van der Waals surface area contributed by atoms with E-state index in [1.165, 1.54) is 10.9 Å². The molecule has 5 N–H and O–H groups in total. The van der Waals surface area contributed by atoms with E-state index in [4.69, 9.17) is 21.6 Å². The molecule has 0 radical (unpaired) electrons. The van der Waals surface area contributed by atoms with Crippen molar-refractivity contribution in [3.8, 4) is 12.3 Å². The number of halogens is 1. The van der Waals surface area contributed by atoms with Crippen molar-refractivity contribution in [1.82, 2.24) is 19.5 Å². The Morgan fingerprint density at radius 1 is 1.15 bits per heavy atom. The fourth-order valence-electron chi connectivity index (χ4n) is 11.3. The highest BCUT2D eigenvalue weighted by Gasteiger charge is 2.63. The van der Waals surface area contributed by atoms with Gasteiger partial charge >= 0.3 is 12.0 Å². The molecule has 5 fully saturated rings. The standard InChI is InChI=1S/C36H50FN5O6/c1-5-36(26(45)16-27(48-36)42-18-39-30-31(38)40-33(37)41-32(30)42)17-47-28(46)9-6-19(2)22-7-8-23-29-24(11-13-35(22,23)4)34(3)12-10-21(43)14-20(34)15-25(29)44/h1,18-27,29,43-45H,6-17H2,2-4H3,(H2,38,40,41)/t19-,20+,21-,22-,23+,24+,25+,26+,27-,29+,34+,35-,36-/m1/s1. The third-order valence-electron chi connectivity index (χ3n) is 14.0. The molecule has 2 aromatic heterocycles. The van der Waals surface area contributed by atoms with Gasteiger partial charge in [-0.15, -0.1) is 6.42 Å². The number of imidazole rings is 1. The van der Waals surface area contributed by atoms with E-state index in [9.17, 15) is 24.5 Å². The number of terminal acetylenes is 1. The molecule has 1 aliphatic heterocycles. The van der Waals surface area contributed by atoms with E-state index < -0.39 is 30.0 Å². The molecule has 1 saturated heterocycles. The molecule has 262 valence electrons. The van der Waals surface area contributed by atoms with Gasteiger partial charge < -0.3 is 30.5 Å². The maximum atomic E-state index is 13.9. The molecular formula is C36H50FN5O6. The molecule has 0 amide bonds. The third-order valence-corrected chi connectivity index (χ3v) is 14.0. The normalized spacial score (nSPS) is 42.8. The van der Waals surface area contributed by atoms with Gasteiger partial charge in [0.2, 0.25) is 0 Å². The fraction of sp³-hybridized carbons (Fsp3) is 0.778. The number of hydrogen-bond donors (Lipinski definition) is 4. The number of nitrogens with zero attached hydrogens (tertiary/aromatic N) is 4. The van der Waals surface area contributed by atoms with Crippen molar-refractivity contribution >= 4 is 23.0 Å². The predicted molar refractivity (Wildman–Crippen MR) is 174 cm³/mol. The van der Waals surface area contributed by atoms with Crippen molar-refractivity contribution in [2.75, 3.05) is 12.3 Å². The van der Waals surface area contributed by atoms with Crippen LogP contribution in [0.1, 0.15) is 97.6 Å². The Morgan fingerprint density at radius 2 is 1.90 bits per heavy atom. The molecule has 7 rings (SSSR count). The zero-order valence-corrected chi connectivity index (χ0v) is 28.2. The number of carbonyl (C=O) groups excluding carboxylic acids is 1. The Balaban J connectivity index is 0.958. The van der Waals surface area contributed by atoms with Gasteiger partial charge in [-0.05, 0) is 104 Å². The topological polar surface area (TPSA) is 166 Å². The first-order chi connectivity index (χ1) is 22.8. The van der Waals surface area contributed by atoms with Crippen LogP contribution in [0, 0.1) is 64.8 Å². The second-order valence-electron chi connectivity index (χ2n) is 16.2. The van der Waals surface area contributed by atoms with E-state index in [0.717, 1.165) is 51.4 Å². The largest absolute Gasteiger partial charge is 0.461 e. The summed E-state index contributed by atoms with van der Waals surface area (Å²) in [4.78, 5) is 24.5. The molecule has 12 heteroatoms. The Hall–Kier alpha value is -2.85. The molecular weight excluding hydrogens is 617 g/mol. The van der Waals surface area contributed by atoms with E-state index >= 15 is 0 Å². The van der Waals surface area contributed by atoms with Crippen LogP contribution in [0.5, 0.6) is 0 Å². The molecule has 5 aliphatic rings. The average Bonchev–Trinajstić information content (AvgIpc) is 3.72. The van der Waals surface area contributed by atoms with E-state index in [-0.39, 0.29) is 59.5 Å². The summed E-state index contributed by atoms with van der Waals surface area (Å²) in [5, 5.41) is 32.9. The monoisotopic (exact) mass is 667 g/mol. The first kappa shape index (κ1) is 33.6. The number of nitrogen functional groups attached to an aromatic ring is 1. The number of aliphatic hydroxyl groups excluding tert-OH is 3. The minimum Gasteiger partial charge on any atom is -0.461 e. The van der Waals surface area contributed by atoms with Crippen LogP contribution in [0.4, 0.5) is 10.2 Å². The van der Waals surface area contributed by atoms with Crippen molar-refractivity contribution in [2.45, 2.75) is 122 Å². The molecule has 0 spiro atoms. The lowest BCUT2D eigenvalue weighted by molar-refractivity contribution is -0.174. The summed E-state index contributed by atoms with van der Waals surface area (Å²) >= 11 is 0. The number of carbonyl (C=O) groups is 1. The zero-order chi connectivity index (χ0) is 34.2. The Kier molecular flexibility index (Phi) is 8.54. The van der Waals surface area contributed by atoms with Crippen LogP contribution in [0.15, 0.2) is 6.33 Å². The van der Waals surface area contributed by atoms with E-state index in [1.807, 2.05) is 0 Å². The zero-order valence-electron chi connectivity index (χ0n) is 28.2. The van der Waals surface area contributed by atoms with Crippen molar-refractivity contribution in [3.05, 3.63) is 12.4 Å². The van der Waals surface area contributed by atoms with Crippen LogP contribution in [-0.2, 0) is 14.3 Å². The SMILES string of the molecule is C#C[C@]1(COC(=O)CC[C@@H](C)[C@H]2CC[C@H]3[C@@H]4[C@@H](O)C[C@@H]5C[C@H](O)CC[C@]5(C)[C@H]4CC[C@]23C)O[C@@H](n2cnc3c(N)nc(F)nc32)C[C@@H]1O. The van der Waals surface area contributed by atoms with E-state index in [0.29, 0.717) is 41.9 Å². The van der Waals surface area contributed by atoms with Gasteiger partial charge in [-0.3, -0.25) is 9.36 Å². The first-order valence-electron chi connectivity index (χ1n) is 17.8. The smallest absolute Gasteiger partial charge is 0.312 e. The number of fused-ring (bicyclic) bond motifs is 6. The fourth-order valence-corrected chi connectivity index (χ4v) is 11.3. The molecule has 3 heterocycles. The summed E-state index contributed by atoms with van der Waals surface area (Å²) < 4.78 is 27.0. The quantitative estimate of drug-likeness (QED) is 0.192. The molecule has 0 unspecified atom stereocenters. The van der Waals surface area contributed by atoms with Gasteiger partial charge in [0, 0.05) is 12.8 Å². The average molecular weight is 668 g/mol. The molecule has 48 heavy (non-hydrogen) atoms. The number of anilines is 1. The second-order valence-corrected chi connectivity index (χ2v) is 16.2. The highest BCUT2D eigenvalue weighted by Crippen LogP contribution is 2.68. The number of aliphatic hydroxyl groups is 3. The van der Waals surface area contributed by atoms with Gasteiger partial charge in [-0.1, -0.05) is 26.7 Å². The Bertz CT molecular complexity index is 1600. The van der Waals surface area contributed by atoms with Crippen LogP contribution in [0.2, 0.25) is 0 Å². The lowest BCUT2D eigenvalue weighted by Crippen LogP contribution is -2.58. The summed E-state index contributed by atoms with van der Waals surface area (Å²) in [6.45, 7) is 6.77. The molecule has 2 aromatic rings. The summed E-state index contributed by atoms with van der Waals surface area (Å²) in [7, 11) is 0. The predicted octanol–water partition coefficient (Wildman–Crippen LogP) is 4.15. The summed E-state index contributed by atoms with van der Waals surface area (Å²) in [6, 6.07) is 0. The minimum absolute atomic E-state index is 0.0511. The van der Waals surface area contributed by atoms with Crippen LogP contribution in [0.3, 0.4) is 0 Å². The van der Waals surface area contributed by atoms with Crippen molar-refractivity contribution in [1.29, 1.82) is 0 Å².